The van der Waals surface area contributed by atoms with Crippen molar-refractivity contribution in [1.29, 1.82) is 0 Å². The Labute approximate surface area is 108 Å². The smallest absolute Gasteiger partial charge is 0.124 e. The molecule has 1 aliphatic heterocycles. The third-order valence-corrected chi connectivity index (χ3v) is 3.22. The average molecular weight is 251 g/mol. The second-order valence-corrected chi connectivity index (χ2v) is 4.47. The maximum atomic E-state index is 5.91. The number of hydrogen-bond donors (Lipinski definition) is 1. The first-order valence-electron chi connectivity index (χ1n) is 6.38. The van der Waals surface area contributed by atoms with E-state index in [2.05, 4.69) is 6.07 Å². The summed E-state index contributed by atoms with van der Waals surface area (Å²) < 4.78 is 16.6. The minimum atomic E-state index is 0.296. The second kappa shape index (κ2) is 6.73. The highest BCUT2D eigenvalue weighted by Gasteiger charge is 2.15. The molecule has 1 aromatic carbocycles. The molecule has 1 aromatic rings. The van der Waals surface area contributed by atoms with E-state index in [0.717, 1.165) is 42.9 Å². The van der Waals surface area contributed by atoms with Crippen LogP contribution in [0.5, 0.6) is 5.75 Å². The van der Waals surface area contributed by atoms with Crippen molar-refractivity contribution in [3.8, 4) is 5.75 Å². The third-order valence-electron chi connectivity index (χ3n) is 3.22. The number of nitrogens with two attached hydrogens (primary N) is 1. The molecule has 18 heavy (non-hydrogen) atoms. The van der Waals surface area contributed by atoms with Crippen LogP contribution in [0, 0.1) is 0 Å². The van der Waals surface area contributed by atoms with Crippen LogP contribution in [-0.2, 0) is 22.6 Å². The zero-order valence-electron chi connectivity index (χ0n) is 10.9. The Balaban J connectivity index is 1.97. The SMILES string of the molecule is COc1ccc(CN)cc1COC1CCOCC1. The van der Waals surface area contributed by atoms with Gasteiger partial charge in [0.05, 0.1) is 19.8 Å². The van der Waals surface area contributed by atoms with E-state index < -0.39 is 0 Å². The molecule has 0 aliphatic carbocycles. The van der Waals surface area contributed by atoms with E-state index in [1.807, 2.05) is 12.1 Å². The molecule has 1 fully saturated rings. The first-order chi connectivity index (χ1) is 8.83. The van der Waals surface area contributed by atoms with Crippen LogP contribution in [0.3, 0.4) is 0 Å². The Morgan fingerprint density at radius 2 is 2.11 bits per heavy atom. The largest absolute Gasteiger partial charge is 0.496 e. The van der Waals surface area contributed by atoms with Crippen molar-refractivity contribution in [3.63, 3.8) is 0 Å². The number of methoxy groups -OCH3 is 1. The first kappa shape index (κ1) is 13.3. The van der Waals surface area contributed by atoms with Crippen molar-refractivity contribution in [2.24, 2.45) is 5.73 Å². The summed E-state index contributed by atoms with van der Waals surface area (Å²) in [4.78, 5) is 0. The molecule has 2 N–H and O–H groups in total. The van der Waals surface area contributed by atoms with E-state index in [-0.39, 0.29) is 0 Å². The van der Waals surface area contributed by atoms with Gasteiger partial charge in [-0.05, 0) is 30.5 Å². The Morgan fingerprint density at radius 3 is 2.78 bits per heavy atom. The predicted molar refractivity (Wildman–Crippen MR) is 69.5 cm³/mol. The van der Waals surface area contributed by atoms with Crippen molar-refractivity contribution in [2.75, 3.05) is 20.3 Å². The molecule has 1 heterocycles. The maximum Gasteiger partial charge on any atom is 0.124 e. The van der Waals surface area contributed by atoms with Gasteiger partial charge in [-0.2, -0.15) is 0 Å². The van der Waals surface area contributed by atoms with Crippen LogP contribution >= 0.6 is 0 Å². The van der Waals surface area contributed by atoms with Gasteiger partial charge in [0.15, 0.2) is 0 Å². The summed E-state index contributed by atoms with van der Waals surface area (Å²) in [5.41, 5.74) is 7.81. The molecule has 1 saturated heterocycles. The topological polar surface area (TPSA) is 53.7 Å². The molecule has 2 rings (SSSR count). The van der Waals surface area contributed by atoms with Gasteiger partial charge in [0.25, 0.3) is 0 Å². The molecule has 0 amide bonds. The number of rotatable bonds is 5. The van der Waals surface area contributed by atoms with Crippen molar-refractivity contribution in [2.45, 2.75) is 32.1 Å². The summed E-state index contributed by atoms with van der Waals surface area (Å²) in [5.74, 6) is 0.860. The minimum absolute atomic E-state index is 0.296. The van der Waals surface area contributed by atoms with Gasteiger partial charge in [-0.3, -0.25) is 0 Å². The normalized spacial score (nSPS) is 16.8. The summed E-state index contributed by atoms with van der Waals surface area (Å²) in [6.07, 6.45) is 2.24. The molecular formula is C14H21NO3. The molecule has 0 saturated carbocycles. The van der Waals surface area contributed by atoms with Gasteiger partial charge >= 0.3 is 0 Å². The summed E-state index contributed by atoms with van der Waals surface area (Å²) in [5, 5.41) is 0. The quantitative estimate of drug-likeness (QED) is 0.867. The lowest BCUT2D eigenvalue weighted by molar-refractivity contribution is -0.0394. The highest BCUT2D eigenvalue weighted by molar-refractivity contribution is 5.36. The summed E-state index contributed by atoms with van der Waals surface area (Å²) in [6, 6.07) is 5.99. The molecule has 4 nitrogen and oxygen atoms in total. The molecule has 0 atom stereocenters. The predicted octanol–water partition coefficient (Wildman–Crippen LogP) is 1.85. The zero-order chi connectivity index (χ0) is 12.8. The minimum Gasteiger partial charge on any atom is -0.496 e. The molecule has 0 spiro atoms. The van der Waals surface area contributed by atoms with Crippen molar-refractivity contribution in [3.05, 3.63) is 29.3 Å². The monoisotopic (exact) mass is 251 g/mol. The van der Waals surface area contributed by atoms with Gasteiger partial charge in [0.2, 0.25) is 0 Å². The maximum absolute atomic E-state index is 5.91. The van der Waals surface area contributed by atoms with E-state index in [1.165, 1.54) is 0 Å². The Hall–Kier alpha value is -1.10. The van der Waals surface area contributed by atoms with Crippen LogP contribution in [0.4, 0.5) is 0 Å². The number of ether oxygens (including phenoxy) is 3. The van der Waals surface area contributed by atoms with Gasteiger partial charge in [-0.15, -0.1) is 0 Å². The number of hydrogen-bond acceptors (Lipinski definition) is 4. The second-order valence-electron chi connectivity index (χ2n) is 4.47. The van der Waals surface area contributed by atoms with E-state index >= 15 is 0 Å². The third kappa shape index (κ3) is 3.45. The standard InChI is InChI=1S/C14H21NO3/c1-16-14-3-2-11(9-15)8-12(14)10-18-13-4-6-17-7-5-13/h2-3,8,13H,4-7,9-10,15H2,1H3. The van der Waals surface area contributed by atoms with Crippen LogP contribution in [0.25, 0.3) is 0 Å². The van der Waals surface area contributed by atoms with Gasteiger partial charge in [-0.1, -0.05) is 6.07 Å². The molecule has 0 aromatic heterocycles. The van der Waals surface area contributed by atoms with E-state index in [9.17, 15) is 0 Å². The van der Waals surface area contributed by atoms with Gasteiger partial charge in [0.1, 0.15) is 5.75 Å². The van der Waals surface area contributed by atoms with E-state index in [0.29, 0.717) is 19.3 Å². The lowest BCUT2D eigenvalue weighted by atomic mass is 10.1. The van der Waals surface area contributed by atoms with Gasteiger partial charge in [-0.25, -0.2) is 0 Å². The lowest BCUT2D eigenvalue weighted by Crippen LogP contribution is -2.23. The van der Waals surface area contributed by atoms with Crippen LogP contribution in [0.1, 0.15) is 24.0 Å². The molecular weight excluding hydrogens is 230 g/mol. The Kier molecular flexibility index (Phi) is 4.99. The van der Waals surface area contributed by atoms with Gasteiger partial charge < -0.3 is 19.9 Å². The fourth-order valence-corrected chi connectivity index (χ4v) is 2.12. The Bertz CT molecular complexity index is 375. The number of benzene rings is 1. The fourth-order valence-electron chi connectivity index (χ4n) is 2.12. The Morgan fingerprint density at radius 1 is 1.33 bits per heavy atom. The highest BCUT2D eigenvalue weighted by atomic mass is 16.5. The average Bonchev–Trinajstić information content (AvgIpc) is 2.45. The summed E-state index contributed by atoms with van der Waals surface area (Å²) >= 11 is 0. The van der Waals surface area contributed by atoms with Crippen molar-refractivity contribution in [1.82, 2.24) is 0 Å². The van der Waals surface area contributed by atoms with Crippen molar-refractivity contribution >= 4 is 0 Å². The van der Waals surface area contributed by atoms with E-state index in [4.69, 9.17) is 19.9 Å². The zero-order valence-corrected chi connectivity index (χ0v) is 10.9. The summed E-state index contributed by atoms with van der Waals surface area (Å²) in [6.45, 7) is 2.70. The molecule has 1 aliphatic rings. The van der Waals surface area contributed by atoms with Crippen LogP contribution < -0.4 is 10.5 Å². The van der Waals surface area contributed by atoms with E-state index in [1.54, 1.807) is 7.11 Å². The highest BCUT2D eigenvalue weighted by Crippen LogP contribution is 2.22. The van der Waals surface area contributed by atoms with Crippen molar-refractivity contribution < 1.29 is 14.2 Å². The van der Waals surface area contributed by atoms with Crippen LogP contribution in [-0.4, -0.2) is 26.4 Å². The molecule has 4 heteroatoms. The lowest BCUT2D eigenvalue weighted by Gasteiger charge is -2.23. The van der Waals surface area contributed by atoms with Gasteiger partial charge in [0, 0.05) is 25.3 Å². The fraction of sp³-hybridized carbons (Fsp3) is 0.571. The first-order valence-corrected chi connectivity index (χ1v) is 6.38. The van der Waals surface area contributed by atoms with Crippen LogP contribution in [0.15, 0.2) is 18.2 Å². The molecule has 100 valence electrons. The molecule has 0 bridgehead atoms. The molecule has 0 unspecified atom stereocenters. The summed E-state index contributed by atoms with van der Waals surface area (Å²) in [7, 11) is 1.68. The molecule has 0 radical (unpaired) electrons. The van der Waals surface area contributed by atoms with Crippen LogP contribution in [0.2, 0.25) is 0 Å².